The molecule has 4 heteroatoms. The van der Waals surface area contributed by atoms with Crippen LogP contribution in [0.4, 0.5) is 4.39 Å². The van der Waals surface area contributed by atoms with Gasteiger partial charge in [0.05, 0.1) is 10.5 Å². The lowest BCUT2D eigenvalue weighted by Gasteiger charge is -2.21. The largest absolute Gasteiger partial charge is 0.306 e. The molecule has 1 atom stereocenters. The fourth-order valence-corrected chi connectivity index (χ4v) is 2.58. The van der Waals surface area contributed by atoms with E-state index in [0.717, 1.165) is 29.8 Å². The number of benzene rings is 1. The Labute approximate surface area is 127 Å². The number of halogens is 2. The number of aryl methyl sites for hydroxylation is 1. The van der Waals surface area contributed by atoms with E-state index in [4.69, 9.17) is 0 Å². The summed E-state index contributed by atoms with van der Waals surface area (Å²) in [5.41, 5.74) is 2.90. The Morgan fingerprint density at radius 3 is 2.75 bits per heavy atom. The molecule has 0 radical (unpaired) electrons. The van der Waals surface area contributed by atoms with Gasteiger partial charge in [0.15, 0.2) is 0 Å². The normalized spacial score (nSPS) is 12.4. The van der Waals surface area contributed by atoms with Gasteiger partial charge in [0.2, 0.25) is 0 Å². The van der Waals surface area contributed by atoms with E-state index < -0.39 is 0 Å². The zero-order valence-corrected chi connectivity index (χ0v) is 13.2. The maximum absolute atomic E-state index is 13.8. The van der Waals surface area contributed by atoms with Crippen molar-refractivity contribution >= 4 is 15.9 Å². The summed E-state index contributed by atoms with van der Waals surface area (Å²) in [5, 5.41) is 3.45. The molecule has 20 heavy (non-hydrogen) atoms. The van der Waals surface area contributed by atoms with E-state index in [1.54, 1.807) is 6.07 Å². The average Bonchev–Trinajstić information content (AvgIpc) is 2.45. The Balaban J connectivity index is 2.41. The van der Waals surface area contributed by atoms with Crippen LogP contribution in [0, 0.1) is 12.7 Å². The zero-order chi connectivity index (χ0) is 14.5. The average molecular weight is 337 g/mol. The molecule has 1 aromatic heterocycles. The summed E-state index contributed by atoms with van der Waals surface area (Å²) in [6.45, 7) is 4.93. The van der Waals surface area contributed by atoms with Crippen molar-refractivity contribution in [2.75, 3.05) is 6.54 Å². The van der Waals surface area contributed by atoms with Crippen molar-refractivity contribution in [1.29, 1.82) is 0 Å². The second kappa shape index (κ2) is 6.95. The van der Waals surface area contributed by atoms with Gasteiger partial charge in [0.1, 0.15) is 5.82 Å². The monoisotopic (exact) mass is 336 g/mol. The van der Waals surface area contributed by atoms with Crippen molar-refractivity contribution in [2.45, 2.75) is 26.3 Å². The highest BCUT2D eigenvalue weighted by Gasteiger charge is 2.18. The molecule has 106 valence electrons. The number of hydrogen-bond acceptors (Lipinski definition) is 2. The predicted molar refractivity (Wildman–Crippen MR) is 83.2 cm³/mol. The molecule has 2 rings (SSSR count). The molecular formula is C16H18BrFN2. The molecule has 0 spiro atoms. The van der Waals surface area contributed by atoms with Crippen LogP contribution in [0.2, 0.25) is 0 Å². The lowest BCUT2D eigenvalue weighted by molar-refractivity contribution is 0.578. The second-order valence-corrected chi connectivity index (χ2v) is 5.56. The highest BCUT2D eigenvalue weighted by atomic mass is 79.9. The molecule has 2 nitrogen and oxygen atoms in total. The summed E-state index contributed by atoms with van der Waals surface area (Å²) in [5.74, 6) is -0.245. The molecule has 1 heterocycles. The topological polar surface area (TPSA) is 24.9 Å². The van der Waals surface area contributed by atoms with Gasteiger partial charge in [0.25, 0.3) is 0 Å². The van der Waals surface area contributed by atoms with Crippen molar-refractivity contribution in [1.82, 2.24) is 10.3 Å². The van der Waals surface area contributed by atoms with E-state index >= 15 is 0 Å². The van der Waals surface area contributed by atoms with Crippen molar-refractivity contribution < 1.29 is 4.39 Å². The van der Waals surface area contributed by atoms with Crippen molar-refractivity contribution in [3.05, 3.63) is 63.6 Å². The van der Waals surface area contributed by atoms with E-state index in [1.807, 2.05) is 31.3 Å². The minimum atomic E-state index is -0.245. The van der Waals surface area contributed by atoms with Crippen LogP contribution in [0.5, 0.6) is 0 Å². The van der Waals surface area contributed by atoms with Gasteiger partial charge >= 0.3 is 0 Å². The fraction of sp³-hybridized carbons (Fsp3) is 0.312. The Hall–Kier alpha value is -1.26. The summed E-state index contributed by atoms with van der Waals surface area (Å²) >= 11 is 3.35. The zero-order valence-electron chi connectivity index (χ0n) is 11.7. The first-order chi connectivity index (χ1) is 9.63. The van der Waals surface area contributed by atoms with Crippen molar-refractivity contribution in [3.8, 4) is 0 Å². The third-order valence-electron chi connectivity index (χ3n) is 3.16. The van der Waals surface area contributed by atoms with Crippen LogP contribution < -0.4 is 5.32 Å². The Kier molecular flexibility index (Phi) is 5.26. The highest BCUT2D eigenvalue weighted by molar-refractivity contribution is 9.10. The quantitative estimate of drug-likeness (QED) is 0.876. The predicted octanol–water partition coefficient (Wildman–Crippen LogP) is 4.38. The van der Waals surface area contributed by atoms with Crippen LogP contribution in [-0.2, 0) is 0 Å². The number of nitrogens with zero attached hydrogens (tertiary/aromatic N) is 1. The number of aromatic nitrogens is 1. The minimum Gasteiger partial charge on any atom is -0.306 e. The van der Waals surface area contributed by atoms with Gasteiger partial charge in [-0.1, -0.05) is 25.1 Å². The smallest absolute Gasteiger partial charge is 0.137 e. The summed E-state index contributed by atoms with van der Waals surface area (Å²) in [4.78, 5) is 4.34. The number of pyridine rings is 1. The molecule has 1 aromatic carbocycles. The molecular weight excluding hydrogens is 319 g/mol. The highest BCUT2D eigenvalue weighted by Crippen LogP contribution is 2.30. The van der Waals surface area contributed by atoms with Gasteiger partial charge in [0, 0.05) is 11.9 Å². The summed E-state index contributed by atoms with van der Waals surface area (Å²) < 4.78 is 14.3. The molecule has 2 aromatic rings. The molecule has 0 aliphatic carbocycles. The van der Waals surface area contributed by atoms with Gasteiger partial charge in [-0.3, -0.25) is 4.98 Å². The van der Waals surface area contributed by atoms with Crippen molar-refractivity contribution in [3.63, 3.8) is 0 Å². The van der Waals surface area contributed by atoms with E-state index in [0.29, 0.717) is 4.47 Å². The molecule has 0 aliphatic rings. The van der Waals surface area contributed by atoms with Crippen LogP contribution >= 0.6 is 15.9 Å². The maximum atomic E-state index is 13.8. The fourth-order valence-electron chi connectivity index (χ4n) is 2.09. The van der Waals surface area contributed by atoms with Gasteiger partial charge < -0.3 is 5.32 Å². The number of nitrogens with one attached hydrogen (secondary N) is 1. The van der Waals surface area contributed by atoms with Crippen LogP contribution in [-0.4, -0.2) is 11.5 Å². The first-order valence-corrected chi connectivity index (χ1v) is 7.52. The molecule has 0 fully saturated rings. The third-order valence-corrected chi connectivity index (χ3v) is 4.00. The van der Waals surface area contributed by atoms with Crippen LogP contribution in [0.3, 0.4) is 0 Å². The molecule has 0 aliphatic heterocycles. The second-order valence-electron chi connectivity index (χ2n) is 4.76. The van der Waals surface area contributed by atoms with Gasteiger partial charge in [-0.2, -0.15) is 0 Å². The first-order valence-electron chi connectivity index (χ1n) is 6.73. The molecule has 0 amide bonds. The van der Waals surface area contributed by atoms with E-state index in [1.165, 1.54) is 6.07 Å². The summed E-state index contributed by atoms with van der Waals surface area (Å²) in [7, 11) is 0. The first kappa shape index (κ1) is 15.1. The van der Waals surface area contributed by atoms with Crippen LogP contribution in [0.15, 0.2) is 41.0 Å². The van der Waals surface area contributed by atoms with Gasteiger partial charge in [-0.15, -0.1) is 0 Å². The Morgan fingerprint density at radius 1 is 1.30 bits per heavy atom. The molecule has 1 unspecified atom stereocenters. The van der Waals surface area contributed by atoms with Crippen LogP contribution in [0.1, 0.15) is 36.2 Å². The van der Waals surface area contributed by atoms with Crippen LogP contribution in [0.25, 0.3) is 0 Å². The summed E-state index contributed by atoms with van der Waals surface area (Å²) in [6, 6.07) is 9.07. The maximum Gasteiger partial charge on any atom is 0.137 e. The summed E-state index contributed by atoms with van der Waals surface area (Å²) in [6.07, 6.45) is 2.86. The van der Waals surface area contributed by atoms with E-state index in [2.05, 4.69) is 33.2 Å². The molecule has 0 saturated carbocycles. The number of rotatable bonds is 5. The molecule has 0 bridgehead atoms. The third kappa shape index (κ3) is 3.44. The Morgan fingerprint density at radius 2 is 2.10 bits per heavy atom. The van der Waals surface area contributed by atoms with E-state index in [-0.39, 0.29) is 11.9 Å². The molecule has 1 N–H and O–H groups in total. The van der Waals surface area contributed by atoms with Crippen molar-refractivity contribution in [2.24, 2.45) is 0 Å². The van der Waals surface area contributed by atoms with E-state index in [9.17, 15) is 4.39 Å². The molecule has 0 saturated heterocycles. The minimum absolute atomic E-state index is 0.0619. The Bertz CT molecular complexity index is 569. The number of hydrogen-bond donors (Lipinski definition) is 1. The standard InChI is InChI=1S/C16H18BrFN2/c1-3-9-19-16(12-8-7-11(2)20-10-12)13-5-4-6-14(18)15(13)17/h4-8,10,16,19H,3,9H2,1-2H3. The lowest BCUT2D eigenvalue weighted by atomic mass is 9.99. The van der Waals surface area contributed by atoms with Gasteiger partial charge in [-0.25, -0.2) is 4.39 Å². The SMILES string of the molecule is CCCNC(c1ccc(C)nc1)c1cccc(F)c1Br. The van der Waals surface area contributed by atoms with Gasteiger partial charge in [-0.05, 0) is 59.1 Å². The lowest BCUT2D eigenvalue weighted by Crippen LogP contribution is -2.24.